The van der Waals surface area contributed by atoms with E-state index in [1.54, 1.807) is 23.0 Å². The molecule has 22 heavy (non-hydrogen) atoms. The molecule has 1 amide bonds. The SMILES string of the molecule is Cc1cnn(-c2ccc(C(=O)NCC3(O)CCCC3)cc2)c1. The summed E-state index contributed by atoms with van der Waals surface area (Å²) >= 11 is 0. The molecule has 0 bridgehead atoms. The summed E-state index contributed by atoms with van der Waals surface area (Å²) in [5, 5.41) is 17.3. The Balaban J connectivity index is 1.63. The van der Waals surface area contributed by atoms with Crippen LogP contribution in [0.4, 0.5) is 0 Å². The number of aliphatic hydroxyl groups is 1. The molecule has 5 heteroatoms. The van der Waals surface area contributed by atoms with Gasteiger partial charge < -0.3 is 10.4 Å². The van der Waals surface area contributed by atoms with Crippen LogP contribution in [0.1, 0.15) is 41.6 Å². The molecular weight excluding hydrogens is 278 g/mol. The summed E-state index contributed by atoms with van der Waals surface area (Å²) < 4.78 is 1.78. The number of benzene rings is 1. The molecule has 0 spiro atoms. The van der Waals surface area contributed by atoms with Gasteiger partial charge in [0, 0.05) is 18.3 Å². The average Bonchev–Trinajstić information content (AvgIpc) is 3.14. The molecule has 1 aromatic carbocycles. The second-order valence-corrected chi connectivity index (χ2v) is 6.12. The molecule has 0 unspecified atom stereocenters. The van der Waals surface area contributed by atoms with E-state index in [0.29, 0.717) is 12.1 Å². The molecule has 2 aromatic rings. The number of rotatable bonds is 4. The van der Waals surface area contributed by atoms with Gasteiger partial charge in [-0.1, -0.05) is 12.8 Å². The predicted molar refractivity (Wildman–Crippen MR) is 84.1 cm³/mol. The molecule has 1 heterocycles. The van der Waals surface area contributed by atoms with Crippen molar-refractivity contribution in [1.82, 2.24) is 15.1 Å². The lowest BCUT2D eigenvalue weighted by molar-refractivity contribution is 0.0449. The first kappa shape index (κ1) is 14.8. The molecular formula is C17H21N3O2. The highest BCUT2D eigenvalue weighted by Crippen LogP contribution is 2.28. The van der Waals surface area contributed by atoms with Crippen molar-refractivity contribution >= 4 is 5.91 Å². The minimum absolute atomic E-state index is 0.150. The van der Waals surface area contributed by atoms with E-state index in [1.807, 2.05) is 25.3 Å². The minimum Gasteiger partial charge on any atom is -0.388 e. The average molecular weight is 299 g/mol. The second-order valence-electron chi connectivity index (χ2n) is 6.12. The van der Waals surface area contributed by atoms with E-state index in [4.69, 9.17) is 0 Å². The molecule has 2 N–H and O–H groups in total. The van der Waals surface area contributed by atoms with Gasteiger partial charge in [0.2, 0.25) is 0 Å². The van der Waals surface area contributed by atoms with Gasteiger partial charge >= 0.3 is 0 Å². The molecule has 0 radical (unpaired) electrons. The number of aryl methyl sites for hydroxylation is 1. The molecule has 1 fully saturated rings. The van der Waals surface area contributed by atoms with Gasteiger partial charge in [0.15, 0.2) is 0 Å². The lowest BCUT2D eigenvalue weighted by atomic mass is 10.0. The van der Waals surface area contributed by atoms with Gasteiger partial charge in [-0.25, -0.2) is 4.68 Å². The lowest BCUT2D eigenvalue weighted by Gasteiger charge is -2.22. The number of carbonyl (C=O) groups excluding carboxylic acids is 1. The lowest BCUT2D eigenvalue weighted by Crippen LogP contribution is -2.40. The number of nitrogens with zero attached hydrogens (tertiary/aromatic N) is 2. The second kappa shape index (κ2) is 5.93. The monoisotopic (exact) mass is 299 g/mol. The number of amides is 1. The number of nitrogens with one attached hydrogen (secondary N) is 1. The first-order valence-electron chi connectivity index (χ1n) is 7.68. The first-order chi connectivity index (χ1) is 10.6. The van der Waals surface area contributed by atoms with E-state index >= 15 is 0 Å². The number of hydrogen-bond donors (Lipinski definition) is 2. The maximum absolute atomic E-state index is 12.2. The normalized spacial score (nSPS) is 16.6. The molecule has 1 aliphatic rings. The third-order valence-electron chi connectivity index (χ3n) is 4.22. The largest absolute Gasteiger partial charge is 0.388 e. The summed E-state index contributed by atoms with van der Waals surface area (Å²) in [4.78, 5) is 12.2. The molecule has 116 valence electrons. The molecule has 1 saturated carbocycles. The molecule has 0 aliphatic heterocycles. The van der Waals surface area contributed by atoms with Crippen LogP contribution in [0, 0.1) is 6.92 Å². The van der Waals surface area contributed by atoms with Crippen molar-refractivity contribution in [1.29, 1.82) is 0 Å². The fourth-order valence-corrected chi connectivity index (χ4v) is 2.88. The van der Waals surface area contributed by atoms with Crippen molar-refractivity contribution in [2.75, 3.05) is 6.54 Å². The zero-order valence-corrected chi connectivity index (χ0v) is 12.7. The van der Waals surface area contributed by atoms with Crippen molar-refractivity contribution in [3.8, 4) is 5.69 Å². The van der Waals surface area contributed by atoms with Crippen molar-refractivity contribution in [3.63, 3.8) is 0 Å². The quantitative estimate of drug-likeness (QED) is 0.909. The fraction of sp³-hybridized carbons (Fsp3) is 0.412. The molecule has 1 aromatic heterocycles. The zero-order chi connectivity index (χ0) is 15.6. The third-order valence-corrected chi connectivity index (χ3v) is 4.22. The maximum Gasteiger partial charge on any atom is 0.251 e. The molecule has 0 atom stereocenters. The highest BCUT2D eigenvalue weighted by Gasteiger charge is 2.31. The topological polar surface area (TPSA) is 67.2 Å². The van der Waals surface area contributed by atoms with Crippen molar-refractivity contribution < 1.29 is 9.90 Å². The molecule has 1 aliphatic carbocycles. The van der Waals surface area contributed by atoms with Gasteiger partial charge in [-0.15, -0.1) is 0 Å². The smallest absolute Gasteiger partial charge is 0.251 e. The standard InChI is InChI=1S/C17H21N3O2/c1-13-10-19-20(11-13)15-6-4-14(5-7-15)16(21)18-12-17(22)8-2-3-9-17/h4-7,10-11,22H,2-3,8-9,12H2,1H3,(H,18,21). The van der Waals surface area contributed by atoms with Gasteiger partial charge in [0.1, 0.15) is 0 Å². The fourth-order valence-electron chi connectivity index (χ4n) is 2.88. The van der Waals surface area contributed by atoms with Crippen LogP contribution in [0.2, 0.25) is 0 Å². The molecule has 3 rings (SSSR count). The zero-order valence-electron chi connectivity index (χ0n) is 12.7. The Morgan fingerprint density at radius 3 is 2.59 bits per heavy atom. The van der Waals surface area contributed by atoms with Gasteiger partial charge in [-0.3, -0.25) is 4.79 Å². The van der Waals surface area contributed by atoms with Crippen LogP contribution in [0.25, 0.3) is 5.69 Å². The molecule has 5 nitrogen and oxygen atoms in total. The summed E-state index contributed by atoms with van der Waals surface area (Å²) in [6, 6.07) is 7.29. The highest BCUT2D eigenvalue weighted by atomic mass is 16.3. The maximum atomic E-state index is 12.2. The Hall–Kier alpha value is -2.14. The summed E-state index contributed by atoms with van der Waals surface area (Å²) in [6.45, 7) is 2.31. The number of carbonyl (C=O) groups is 1. The van der Waals surface area contributed by atoms with Crippen LogP contribution in [-0.2, 0) is 0 Å². The van der Waals surface area contributed by atoms with E-state index in [-0.39, 0.29) is 5.91 Å². The van der Waals surface area contributed by atoms with E-state index < -0.39 is 5.60 Å². The minimum atomic E-state index is -0.720. The highest BCUT2D eigenvalue weighted by molar-refractivity contribution is 5.94. The van der Waals surface area contributed by atoms with Crippen LogP contribution in [0.15, 0.2) is 36.7 Å². The third kappa shape index (κ3) is 3.20. The van der Waals surface area contributed by atoms with Crippen molar-refractivity contribution in [3.05, 3.63) is 47.8 Å². The number of aromatic nitrogens is 2. The van der Waals surface area contributed by atoms with Crippen LogP contribution in [0.5, 0.6) is 0 Å². The Bertz CT molecular complexity index is 655. The van der Waals surface area contributed by atoms with Gasteiger partial charge in [0.05, 0.1) is 17.5 Å². The van der Waals surface area contributed by atoms with Gasteiger partial charge in [-0.2, -0.15) is 5.10 Å². The van der Waals surface area contributed by atoms with E-state index in [1.165, 1.54) is 0 Å². The van der Waals surface area contributed by atoms with Crippen LogP contribution in [0.3, 0.4) is 0 Å². The van der Waals surface area contributed by atoms with E-state index in [9.17, 15) is 9.90 Å². The predicted octanol–water partition coefficient (Wildman–Crippen LogP) is 2.22. The van der Waals surface area contributed by atoms with E-state index in [0.717, 1.165) is 36.9 Å². The molecule has 0 saturated heterocycles. The number of hydrogen-bond acceptors (Lipinski definition) is 3. The van der Waals surface area contributed by atoms with Crippen LogP contribution in [-0.4, -0.2) is 32.9 Å². The van der Waals surface area contributed by atoms with Gasteiger partial charge in [-0.05, 0) is 49.6 Å². The van der Waals surface area contributed by atoms with E-state index in [2.05, 4.69) is 10.4 Å². The summed E-state index contributed by atoms with van der Waals surface area (Å²) in [5.74, 6) is -0.150. The first-order valence-corrected chi connectivity index (χ1v) is 7.68. The van der Waals surface area contributed by atoms with Crippen LogP contribution >= 0.6 is 0 Å². The van der Waals surface area contributed by atoms with Crippen molar-refractivity contribution in [2.24, 2.45) is 0 Å². The van der Waals surface area contributed by atoms with Crippen LogP contribution < -0.4 is 5.32 Å². The van der Waals surface area contributed by atoms with Gasteiger partial charge in [0.25, 0.3) is 5.91 Å². The summed E-state index contributed by atoms with van der Waals surface area (Å²) in [6.07, 6.45) is 7.33. The Kier molecular flexibility index (Phi) is 3.98. The Labute approximate surface area is 130 Å². The van der Waals surface area contributed by atoms with Crippen molar-refractivity contribution in [2.45, 2.75) is 38.2 Å². The summed E-state index contributed by atoms with van der Waals surface area (Å²) in [5.41, 5.74) is 1.88. The Morgan fingerprint density at radius 1 is 1.32 bits per heavy atom. The summed E-state index contributed by atoms with van der Waals surface area (Å²) in [7, 11) is 0. The Morgan fingerprint density at radius 2 is 2.00 bits per heavy atom.